The average molecular weight is 278 g/mol. The molecule has 1 unspecified atom stereocenters. The molecule has 1 rings (SSSR count). The van der Waals surface area contributed by atoms with Crippen molar-refractivity contribution in [2.75, 3.05) is 12.4 Å². The molecule has 8 heteroatoms. The fourth-order valence-corrected chi connectivity index (χ4v) is 2.57. The van der Waals surface area contributed by atoms with E-state index >= 15 is 0 Å². The third kappa shape index (κ3) is 5.11. The van der Waals surface area contributed by atoms with Crippen LogP contribution in [-0.2, 0) is 24.3 Å². The molecule has 1 saturated heterocycles. The van der Waals surface area contributed by atoms with Gasteiger partial charge < -0.3 is 4.74 Å². The lowest BCUT2D eigenvalue weighted by molar-refractivity contribution is -0.134. The largest absolute Gasteiger partial charge is 0.378 e. The van der Waals surface area contributed by atoms with Crippen molar-refractivity contribution in [1.29, 1.82) is 0 Å². The number of hydrogen-bond donors (Lipinski definition) is 2. The lowest BCUT2D eigenvalue weighted by Gasteiger charge is -2.21. The van der Waals surface area contributed by atoms with Crippen molar-refractivity contribution in [2.24, 2.45) is 0 Å². The summed E-state index contributed by atoms with van der Waals surface area (Å²) in [6, 6.07) is -0.869. The molecule has 104 valence electrons. The summed E-state index contributed by atoms with van der Waals surface area (Å²) in [5.41, 5.74) is 0. The van der Waals surface area contributed by atoms with Crippen LogP contribution in [0.3, 0.4) is 0 Å². The van der Waals surface area contributed by atoms with Gasteiger partial charge in [-0.3, -0.25) is 14.9 Å². The van der Waals surface area contributed by atoms with Gasteiger partial charge in [0.2, 0.25) is 21.8 Å². The molecule has 0 radical (unpaired) electrons. The maximum absolute atomic E-state index is 11.7. The molecule has 1 heterocycles. The normalized spacial score (nSPS) is 21.2. The molecule has 1 aliphatic heterocycles. The summed E-state index contributed by atoms with van der Waals surface area (Å²) in [6.07, 6.45) is 0.284. The molecule has 18 heavy (non-hydrogen) atoms. The Bertz CT molecular complexity index is 418. The van der Waals surface area contributed by atoms with Gasteiger partial charge in [-0.15, -0.1) is 0 Å². The van der Waals surface area contributed by atoms with Gasteiger partial charge in [-0.2, -0.15) is 0 Å². The van der Waals surface area contributed by atoms with E-state index in [2.05, 4.69) is 10.0 Å². The number of piperidine rings is 1. The number of nitrogens with one attached hydrogen (secondary N) is 2. The summed E-state index contributed by atoms with van der Waals surface area (Å²) in [6.45, 7) is 3.68. The van der Waals surface area contributed by atoms with Crippen molar-refractivity contribution < 1.29 is 22.7 Å². The third-order valence-electron chi connectivity index (χ3n) is 2.36. The van der Waals surface area contributed by atoms with E-state index in [1.165, 1.54) is 0 Å². The van der Waals surface area contributed by atoms with Crippen molar-refractivity contribution in [3.05, 3.63) is 0 Å². The number of hydrogen-bond acceptors (Lipinski definition) is 5. The summed E-state index contributed by atoms with van der Waals surface area (Å²) in [5.74, 6) is -1.18. The molecule has 0 aromatic rings. The summed E-state index contributed by atoms with van der Waals surface area (Å²) in [7, 11) is -3.57. The summed E-state index contributed by atoms with van der Waals surface area (Å²) < 4.78 is 30.7. The fraction of sp³-hybridized carbons (Fsp3) is 0.800. The first-order chi connectivity index (χ1) is 8.30. The molecule has 0 aliphatic carbocycles. The zero-order valence-electron chi connectivity index (χ0n) is 10.4. The van der Waals surface area contributed by atoms with E-state index in [1.54, 1.807) is 13.8 Å². The molecule has 2 N–H and O–H groups in total. The molecule has 0 bridgehead atoms. The second kappa shape index (κ2) is 6.26. The quantitative estimate of drug-likeness (QED) is 0.615. The minimum absolute atomic E-state index is 0.0456. The minimum atomic E-state index is -3.57. The molecular formula is C10H18N2O5S. The Morgan fingerprint density at radius 2 is 2.11 bits per heavy atom. The van der Waals surface area contributed by atoms with Crippen LogP contribution in [0.25, 0.3) is 0 Å². The van der Waals surface area contributed by atoms with Gasteiger partial charge in [-0.05, 0) is 20.3 Å². The highest BCUT2D eigenvalue weighted by atomic mass is 32.2. The van der Waals surface area contributed by atoms with E-state index in [1.807, 2.05) is 0 Å². The maximum Gasteiger partial charge on any atom is 0.244 e. The van der Waals surface area contributed by atoms with Crippen LogP contribution in [-0.4, -0.2) is 44.7 Å². The minimum Gasteiger partial charge on any atom is -0.378 e. The fourth-order valence-electron chi connectivity index (χ4n) is 1.48. The first kappa shape index (κ1) is 15.1. The second-order valence-corrected chi connectivity index (χ2v) is 6.23. The van der Waals surface area contributed by atoms with E-state index in [-0.39, 0.29) is 37.2 Å². The van der Waals surface area contributed by atoms with E-state index in [0.717, 1.165) is 0 Å². The molecule has 7 nitrogen and oxygen atoms in total. The first-order valence-electron chi connectivity index (χ1n) is 5.75. The van der Waals surface area contributed by atoms with Gasteiger partial charge in [0.15, 0.2) is 0 Å². The van der Waals surface area contributed by atoms with Crippen LogP contribution >= 0.6 is 0 Å². The van der Waals surface area contributed by atoms with Crippen LogP contribution in [0.1, 0.15) is 26.7 Å². The topological polar surface area (TPSA) is 102 Å². The first-order valence-corrected chi connectivity index (χ1v) is 7.40. The molecular weight excluding hydrogens is 260 g/mol. The van der Waals surface area contributed by atoms with Crippen molar-refractivity contribution in [3.63, 3.8) is 0 Å². The Morgan fingerprint density at radius 3 is 2.67 bits per heavy atom. The van der Waals surface area contributed by atoms with Crippen LogP contribution in [0, 0.1) is 0 Å². The molecule has 1 fully saturated rings. The Morgan fingerprint density at radius 1 is 1.44 bits per heavy atom. The molecule has 0 aromatic heterocycles. The predicted molar refractivity (Wildman–Crippen MR) is 64.2 cm³/mol. The van der Waals surface area contributed by atoms with E-state index in [4.69, 9.17) is 4.74 Å². The Labute approximate surface area is 106 Å². The molecule has 0 saturated carbocycles. The second-order valence-electron chi connectivity index (χ2n) is 4.36. The number of ether oxygens (including phenoxy) is 1. The Balaban J connectivity index is 2.45. The predicted octanol–water partition coefficient (Wildman–Crippen LogP) is -0.864. The molecule has 0 aromatic carbocycles. The monoisotopic (exact) mass is 278 g/mol. The zero-order valence-corrected chi connectivity index (χ0v) is 11.2. The Hall–Kier alpha value is -0.990. The number of carbonyl (C=O) groups excluding carboxylic acids is 2. The van der Waals surface area contributed by atoms with Crippen molar-refractivity contribution in [2.45, 2.75) is 38.8 Å². The van der Waals surface area contributed by atoms with Crippen molar-refractivity contribution >= 4 is 21.8 Å². The number of amides is 2. The van der Waals surface area contributed by atoms with Gasteiger partial charge in [0, 0.05) is 6.42 Å². The van der Waals surface area contributed by atoms with E-state index in [9.17, 15) is 18.0 Å². The number of imide groups is 1. The van der Waals surface area contributed by atoms with Crippen LogP contribution in [0.5, 0.6) is 0 Å². The maximum atomic E-state index is 11.7. The third-order valence-corrected chi connectivity index (χ3v) is 3.71. The van der Waals surface area contributed by atoms with Gasteiger partial charge in [-0.25, -0.2) is 13.1 Å². The molecule has 1 aliphatic rings. The lowest BCUT2D eigenvalue weighted by atomic mass is 10.1. The van der Waals surface area contributed by atoms with Gasteiger partial charge in [0.05, 0.1) is 18.5 Å². The SMILES string of the molecule is CC(C)OCCS(=O)(=O)NC1CCC(=O)NC1=O. The zero-order chi connectivity index (χ0) is 13.8. The molecule has 1 atom stereocenters. The highest BCUT2D eigenvalue weighted by molar-refractivity contribution is 7.89. The highest BCUT2D eigenvalue weighted by Crippen LogP contribution is 2.06. The number of rotatable bonds is 6. The Kier molecular flexibility index (Phi) is 5.24. The summed E-state index contributed by atoms with van der Waals surface area (Å²) in [5, 5.41) is 2.09. The smallest absolute Gasteiger partial charge is 0.244 e. The van der Waals surface area contributed by atoms with Gasteiger partial charge in [0.25, 0.3) is 0 Å². The van der Waals surface area contributed by atoms with E-state index < -0.39 is 22.0 Å². The van der Waals surface area contributed by atoms with Crippen molar-refractivity contribution in [1.82, 2.24) is 10.0 Å². The number of sulfonamides is 1. The standard InChI is InChI=1S/C10H18N2O5S/c1-7(2)17-5-6-18(15,16)12-8-3-4-9(13)11-10(8)14/h7-8,12H,3-6H2,1-2H3,(H,11,13,14). The van der Waals surface area contributed by atoms with Gasteiger partial charge in [0.1, 0.15) is 6.04 Å². The number of carbonyl (C=O) groups is 2. The summed E-state index contributed by atoms with van der Waals surface area (Å²) >= 11 is 0. The van der Waals surface area contributed by atoms with Crippen LogP contribution in [0.2, 0.25) is 0 Å². The van der Waals surface area contributed by atoms with Crippen LogP contribution in [0.4, 0.5) is 0 Å². The molecule has 0 spiro atoms. The molecule has 2 amide bonds. The van der Waals surface area contributed by atoms with Crippen molar-refractivity contribution in [3.8, 4) is 0 Å². The van der Waals surface area contributed by atoms with Crippen LogP contribution in [0.15, 0.2) is 0 Å². The van der Waals surface area contributed by atoms with Crippen LogP contribution < -0.4 is 10.0 Å². The summed E-state index contributed by atoms with van der Waals surface area (Å²) in [4.78, 5) is 22.3. The highest BCUT2D eigenvalue weighted by Gasteiger charge is 2.29. The van der Waals surface area contributed by atoms with Gasteiger partial charge in [-0.1, -0.05) is 0 Å². The van der Waals surface area contributed by atoms with Gasteiger partial charge >= 0.3 is 0 Å². The lowest BCUT2D eigenvalue weighted by Crippen LogP contribution is -2.52. The average Bonchev–Trinajstić information content (AvgIpc) is 2.21. The van der Waals surface area contributed by atoms with E-state index in [0.29, 0.717) is 0 Å².